The van der Waals surface area contributed by atoms with Gasteiger partial charge in [-0.15, -0.1) is 11.3 Å². The monoisotopic (exact) mass is 389 g/mol. The van der Waals surface area contributed by atoms with Crippen molar-refractivity contribution < 1.29 is 9.90 Å². The summed E-state index contributed by atoms with van der Waals surface area (Å²) < 4.78 is 1.80. The molecule has 18 heavy (non-hydrogen) atoms. The Balaban J connectivity index is 2.24. The van der Waals surface area contributed by atoms with Crippen molar-refractivity contribution in [2.24, 2.45) is 0 Å². The van der Waals surface area contributed by atoms with Crippen LogP contribution < -0.4 is 5.32 Å². The predicted molar refractivity (Wildman–Crippen MR) is 80.2 cm³/mol. The second kappa shape index (κ2) is 5.86. The molecule has 1 aromatic carbocycles. The zero-order valence-corrected chi connectivity index (χ0v) is 13.0. The highest BCUT2D eigenvalue weighted by atomic mass is 79.9. The third-order valence-corrected chi connectivity index (χ3v) is 4.51. The fourth-order valence-corrected chi connectivity index (χ4v) is 3.36. The molecule has 0 aliphatic carbocycles. The van der Waals surface area contributed by atoms with Crippen molar-refractivity contribution in [2.75, 3.05) is 5.32 Å². The second-order valence-electron chi connectivity index (χ2n) is 3.59. The molecule has 94 valence electrons. The first kappa shape index (κ1) is 13.6. The number of carbonyl (C=O) groups is 1. The van der Waals surface area contributed by atoms with Gasteiger partial charge in [-0.25, -0.2) is 4.79 Å². The summed E-state index contributed by atoms with van der Waals surface area (Å²) in [5.41, 5.74) is 0.765. The maximum atomic E-state index is 11.3. The molecule has 2 N–H and O–H groups in total. The number of hydrogen-bond acceptors (Lipinski definition) is 3. The van der Waals surface area contributed by atoms with E-state index in [1.165, 1.54) is 11.3 Å². The Morgan fingerprint density at radius 1 is 1.28 bits per heavy atom. The molecule has 0 amide bonds. The average molecular weight is 391 g/mol. The van der Waals surface area contributed by atoms with Gasteiger partial charge in [0.25, 0.3) is 0 Å². The van der Waals surface area contributed by atoms with Crippen molar-refractivity contribution >= 4 is 54.9 Å². The zero-order valence-electron chi connectivity index (χ0n) is 9.06. The maximum Gasteiger partial charge on any atom is 0.331 e. The lowest BCUT2D eigenvalue weighted by molar-refractivity contribution is -0.138. The molecule has 2 rings (SSSR count). The third kappa shape index (κ3) is 3.34. The molecule has 2 aromatic rings. The lowest BCUT2D eigenvalue weighted by Crippen LogP contribution is -2.19. The third-order valence-electron chi connectivity index (χ3n) is 2.25. The number of rotatable bonds is 4. The Labute approximate surface area is 125 Å². The van der Waals surface area contributed by atoms with Gasteiger partial charge in [-0.3, -0.25) is 0 Å². The van der Waals surface area contributed by atoms with Crippen LogP contribution in [0.15, 0.2) is 44.7 Å². The van der Waals surface area contributed by atoms with Gasteiger partial charge in [-0.05, 0) is 40.2 Å². The summed E-state index contributed by atoms with van der Waals surface area (Å²) in [4.78, 5) is 12.1. The van der Waals surface area contributed by atoms with Crippen LogP contribution in [0.4, 0.5) is 5.69 Å². The van der Waals surface area contributed by atoms with Crippen LogP contribution in [-0.4, -0.2) is 11.1 Å². The quantitative estimate of drug-likeness (QED) is 0.807. The molecule has 0 spiro atoms. The number of thiophene rings is 1. The number of carboxylic acids is 1. The van der Waals surface area contributed by atoms with Gasteiger partial charge in [-0.2, -0.15) is 0 Å². The van der Waals surface area contributed by atoms with E-state index in [1.807, 2.05) is 35.7 Å². The van der Waals surface area contributed by atoms with Crippen LogP contribution in [0, 0.1) is 0 Å². The van der Waals surface area contributed by atoms with Crippen molar-refractivity contribution in [3.63, 3.8) is 0 Å². The molecule has 0 fully saturated rings. The molecule has 0 aliphatic rings. The van der Waals surface area contributed by atoms with Gasteiger partial charge in [0, 0.05) is 24.9 Å². The first-order chi connectivity index (χ1) is 8.56. The summed E-state index contributed by atoms with van der Waals surface area (Å²) in [6.07, 6.45) is 0. The molecule has 1 heterocycles. The first-order valence-corrected chi connectivity index (χ1v) is 7.51. The molecule has 1 atom stereocenters. The van der Waals surface area contributed by atoms with Gasteiger partial charge in [-0.1, -0.05) is 22.0 Å². The SMILES string of the molecule is O=C(O)C(Nc1cccc(Br)c1)c1cc(Br)cs1. The van der Waals surface area contributed by atoms with Crippen molar-refractivity contribution in [1.82, 2.24) is 0 Å². The molecule has 0 saturated carbocycles. The Hall–Kier alpha value is -0.850. The molecule has 6 heteroatoms. The molecule has 1 unspecified atom stereocenters. The van der Waals surface area contributed by atoms with Gasteiger partial charge < -0.3 is 10.4 Å². The van der Waals surface area contributed by atoms with Crippen molar-refractivity contribution in [2.45, 2.75) is 6.04 Å². The summed E-state index contributed by atoms with van der Waals surface area (Å²) in [6, 6.07) is 8.50. The van der Waals surface area contributed by atoms with Gasteiger partial charge in [0.1, 0.15) is 0 Å². The topological polar surface area (TPSA) is 49.3 Å². The van der Waals surface area contributed by atoms with Crippen molar-refractivity contribution in [3.05, 3.63) is 49.5 Å². The summed E-state index contributed by atoms with van der Waals surface area (Å²) in [7, 11) is 0. The number of aliphatic carboxylic acids is 1. The Morgan fingerprint density at radius 2 is 2.06 bits per heavy atom. The van der Waals surface area contributed by atoms with Crippen molar-refractivity contribution in [3.8, 4) is 0 Å². The van der Waals surface area contributed by atoms with E-state index < -0.39 is 12.0 Å². The van der Waals surface area contributed by atoms with Crippen LogP contribution in [-0.2, 0) is 4.79 Å². The largest absolute Gasteiger partial charge is 0.479 e. The Bertz CT molecular complexity index is 571. The number of anilines is 1. The lowest BCUT2D eigenvalue weighted by Gasteiger charge is -2.14. The van der Waals surface area contributed by atoms with Crippen LogP contribution in [0.25, 0.3) is 0 Å². The average Bonchev–Trinajstić information content (AvgIpc) is 2.72. The van der Waals surface area contributed by atoms with Crippen LogP contribution in [0.5, 0.6) is 0 Å². The molecule has 0 aliphatic heterocycles. The first-order valence-electron chi connectivity index (χ1n) is 5.05. The zero-order chi connectivity index (χ0) is 13.1. The molecular formula is C12H9Br2NO2S. The molecule has 0 radical (unpaired) electrons. The summed E-state index contributed by atoms with van der Waals surface area (Å²) in [5.74, 6) is -0.899. The molecule has 0 saturated heterocycles. The molecule has 0 bridgehead atoms. The van der Waals surface area contributed by atoms with E-state index >= 15 is 0 Å². The van der Waals surface area contributed by atoms with E-state index in [0.29, 0.717) is 0 Å². The van der Waals surface area contributed by atoms with Crippen molar-refractivity contribution in [1.29, 1.82) is 0 Å². The minimum Gasteiger partial charge on any atom is -0.479 e. The van der Waals surface area contributed by atoms with E-state index in [4.69, 9.17) is 0 Å². The number of benzene rings is 1. The van der Waals surface area contributed by atoms with Crippen LogP contribution in [0.2, 0.25) is 0 Å². The Kier molecular flexibility index (Phi) is 4.42. The smallest absolute Gasteiger partial charge is 0.331 e. The number of hydrogen-bond donors (Lipinski definition) is 2. The number of nitrogens with one attached hydrogen (secondary N) is 1. The van der Waals surface area contributed by atoms with Gasteiger partial charge in [0.15, 0.2) is 6.04 Å². The van der Waals surface area contributed by atoms with E-state index in [-0.39, 0.29) is 0 Å². The summed E-state index contributed by atoms with van der Waals surface area (Å²) >= 11 is 8.09. The molecular weight excluding hydrogens is 382 g/mol. The predicted octanol–water partition coefficient (Wildman–Crippen LogP) is 4.51. The normalized spacial score (nSPS) is 12.1. The molecule has 3 nitrogen and oxygen atoms in total. The fourth-order valence-electron chi connectivity index (χ4n) is 1.48. The summed E-state index contributed by atoms with van der Waals surface area (Å²) in [5, 5.41) is 14.2. The standard InChI is InChI=1S/C12H9Br2NO2S/c13-7-2-1-3-9(4-7)15-11(12(16)17)10-5-8(14)6-18-10/h1-6,11,15H,(H,16,17). The number of halogens is 2. The lowest BCUT2D eigenvalue weighted by atomic mass is 10.2. The highest BCUT2D eigenvalue weighted by Gasteiger charge is 2.21. The minimum atomic E-state index is -0.899. The highest BCUT2D eigenvalue weighted by Crippen LogP contribution is 2.29. The van der Waals surface area contributed by atoms with E-state index in [1.54, 1.807) is 0 Å². The fraction of sp³-hybridized carbons (Fsp3) is 0.0833. The van der Waals surface area contributed by atoms with Gasteiger partial charge in [0.05, 0.1) is 0 Å². The number of carboxylic acid groups (broad SMARTS) is 1. The van der Waals surface area contributed by atoms with E-state index in [2.05, 4.69) is 37.2 Å². The Morgan fingerprint density at radius 3 is 2.61 bits per heavy atom. The second-order valence-corrected chi connectivity index (χ2v) is 6.37. The van der Waals surface area contributed by atoms with Crippen LogP contribution in [0.1, 0.15) is 10.9 Å². The van der Waals surface area contributed by atoms with Gasteiger partial charge >= 0.3 is 5.97 Å². The highest BCUT2D eigenvalue weighted by molar-refractivity contribution is 9.10. The van der Waals surface area contributed by atoms with Gasteiger partial charge in [0.2, 0.25) is 0 Å². The maximum absolute atomic E-state index is 11.3. The minimum absolute atomic E-state index is 0.740. The van der Waals surface area contributed by atoms with Crippen LogP contribution in [0.3, 0.4) is 0 Å². The van der Waals surface area contributed by atoms with Crippen LogP contribution >= 0.6 is 43.2 Å². The molecule has 1 aromatic heterocycles. The van der Waals surface area contributed by atoms with E-state index in [0.717, 1.165) is 19.5 Å². The summed E-state index contributed by atoms with van der Waals surface area (Å²) in [6.45, 7) is 0. The van der Waals surface area contributed by atoms with E-state index in [9.17, 15) is 9.90 Å².